The lowest BCUT2D eigenvalue weighted by molar-refractivity contribution is -0.192. The van der Waals surface area contributed by atoms with Gasteiger partial charge < -0.3 is 5.11 Å². The summed E-state index contributed by atoms with van der Waals surface area (Å²) in [5.41, 5.74) is 0. The average Bonchev–Trinajstić information content (AvgIpc) is 2.04. The minimum atomic E-state index is -5.08. The molecule has 0 aromatic heterocycles. The fourth-order valence-electron chi connectivity index (χ4n) is 0.946. The number of carboxylic acid groups (broad SMARTS) is 1. The number of hydrogen-bond donors (Lipinski definition) is 1. The van der Waals surface area contributed by atoms with Crippen molar-refractivity contribution < 1.29 is 27.9 Å². The molecule has 0 aliphatic heterocycles. The van der Waals surface area contributed by atoms with Crippen LogP contribution in [-0.4, -0.2) is 23.0 Å². The summed E-state index contributed by atoms with van der Waals surface area (Å²) in [5, 5.41) is 7.12. The second-order valence-corrected chi connectivity index (χ2v) is 2.90. The third-order valence-corrected chi connectivity index (χ3v) is 1.65. The zero-order valence-corrected chi connectivity index (χ0v) is 7.43. The Bertz CT molecular complexity index is 202. The monoisotopic (exact) mass is 212 g/mol. The summed E-state index contributed by atoms with van der Waals surface area (Å²) in [6.07, 6.45) is 0.156. The Balaban J connectivity index is 0.000000241. The molecule has 1 aliphatic carbocycles. The van der Waals surface area contributed by atoms with Gasteiger partial charge in [-0.3, -0.25) is 4.79 Å². The molecule has 1 saturated carbocycles. The zero-order chi connectivity index (χ0) is 11.2. The summed E-state index contributed by atoms with van der Waals surface area (Å²) < 4.78 is 31.7. The van der Waals surface area contributed by atoms with Crippen LogP contribution in [0.25, 0.3) is 0 Å². The molecule has 0 spiro atoms. The lowest BCUT2D eigenvalue weighted by Gasteiger charge is -2.05. The van der Waals surface area contributed by atoms with Crippen LogP contribution in [0.5, 0.6) is 0 Å². The van der Waals surface area contributed by atoms with Crippen molar-refractivity contribution in [2.75, 3.05) is 0 Å². The molecule has 0 atom stereocenters. The van der Waals surface area contributed by atoms with Gasteiger partial charge in [-0.2, -0.15) is 13.2 Å². The van der Waals surface area contributed by atoms with Crippen molar-refractivity contribution in [2.24, 2.45) is 0 Å². The van der Waals surface area contributed by atoms with Gasteiger partial charge in [0.1, 0.15) is 5.78 Å². The molecular formula is C8H11F3O3. The Morgan fingerprint density at radius 2 is 1.50 bits per heavy atom. The summed E-state index contributed by atoms with van der Waals surface area (Å²) in [4.78, 5) is 19.4. The molecule has 0 unspecified atom stereocenters. The van der Waals surface area contributed by atoms with Gasteiger partial charge in [0, 0.05) is 12.8 Å². The Hall–Kier alpha value is -1.07. The topological polar surface area (TPSA) is 54.4 Å². The van der Waals surface area contributed by atoms with Crippen molar-refractivity contribution in [2.45, 2.75) is 38.3 Å². The van der Waals surface area contributed by atoms with Gasteiger partial charge in [-0.25, -0.2) is 4.79 Å². The molecule has 0 heterocycles. The van der Waals surface area contributed by atoms with Crippen LogP contribution < -0.4 is 0 Å². The minimum Gasteiger partial charge on any atom is -0.475 e. The SMILES string of the molecule is O=C(O)C(F)(F)F.O=C1CCCCC1. The van der Waals surface area contributed by atoms with Crippen molar-refractivity contribution in [1.82, 2.24) is 0 Å². The third kappa shape index (κ3) is 6.45. The number of Topliss-reactive ketones (excluding diaryl/α,β-unsaturated/α-hetero) is 1. The molecule has 3 nitrogen and oxygen atoms in total. The largest absolute Gasteiger partial charge is 0.490 e. The average molecular weight is 212 g/mol. The summed E-state index contributed by atoms with van der Waals surface area (Å²) in [5.74, 6) is -2.29. The number of hydrogen-bond acceptors (Lipinski definition) is 2. The van der Waals surface area contributed by atoms with Gasteiger partial charge in [0.15, 0.2) is 0 Å². The second-order valence-electron chi connectivity index (χ2n) is 2.90. The van der Waals surface area contributed by atoms with E-state index in [1.54, 1.807) is 0 Å². The molecular weight excluding hydrogens is 201 g/mol. The van der Waals surface area contributed by atoms with Crippen LogP contribution in [0.4, 0.5) is 13.2 Å². The molecule has 1 N–H and O–H groups in total. The van der Waals surface area contributed by atoms with E-state index in [2.05, 4.69) is 0 Å². The van der Waals surface area contributed by atoms with Crippen LogP contribution in [0.3, 0.4) is 0 Å². The molecule has 0 aromatic rings. The first kappa shape index (κ1) is 12.9. The predicted molar refractivity (Wildman–Crippen MR) is 41.8 cm³/mol. The van der Waals surface area contributed by atoms with E-state index in [9.17, 15) is 18.0 Å². The predicted octanol–water partition coefficient (Wildman–Crippen LogP) is 2.15. The molecule has 82 valence electrons. The highest BCUT2D eigenvalue weighted by Crippen LogP contribution is 2.13. The summed E-state index contributed by atoms with van der Waals surface area (Å²) >= 11 is 0. The highest BCUT2D eigenvalue weighted by Gasteiger charge is 2.38. The van der Waals surface area contributed by atoms with E-state index in [-0.39, 0.29) is 0 Å². The maximum atomic E-state index is 10.6. The van der Waals surface area contributed by atoms with E-state index in [4.69, 9.17) is 9.90 Å². The van der Waals surface area contributed by atoms with Crippen LogP contribution in [0, 0.1) is 0 Å². The normalized spacial score (nSPS) is 16.9. The lowest BCUT2D eigenvalue weighted by atomic mass is 10.00. The number of carbonyl (C=O) groups is 2. The van der Waals surface area contributed by atoms with E-state index in [1.807, 2.05) is 0 Å². The van der Waals surface area contributed by atoms with Crippen LogP contribution >= 0.6 is 0 Å². The second kappa shape index (κ2) is 5.62. The van der Waals surface area contributed by atoms with Crippen LogP contribution in [-0.2, 0) is 9.59 Å². The Labute approximate surface area is 78.9 Å². The highest BCUT2D eigenvalue weighted by atomic mass is 19.4. The zero-order valence-electron chi connectivity index (χ0n) is 7.43. The third-order valence-electron chi connectivity index (χ3n) is 1.65. The fourth-order valence-corrected chi connectivity index (χ4v) is 0.946. The van der Waals surface area contributed by atoms with E-state index in [1.165, 1.54) is 6.42 Å². The van der Waals surface area contributed by atoms with Gasteiger partial charge >= 0.3 is 12.1 Å². The van der Waals surface area contributed by atoms with E-state index < -0.39 is 12.1 Å². The smallest absolute Gasteiger partial charge is 0.475 e. The molecule has 1 aliphatic rings. The van der Waals surface area contributed by atoms with Crippen molar-refractivity contribution >= 4 is 11.8 Å². The first-order chi connectivity index (χ1) is 6.34. The number of carboxylic acids is 1. The Morgan fingerprint density at radius 3 is 1.64 bits per heavy atom. The first-order valence-electron chi connectivity index (χ1n) is 4.16. The maximum absolute atomic E-state index is 10.6. The van der Waals surface area contributed by atoms with E-state index >= 15 is 0 Å². The van der Waals surface area contributed by atoms with Crippen molar-refractivity contribution in [3.63, 3.8) is 0 Å². The van der Waals surface area contributed by atoms with Gasteiger partial charge in [0.2, 0.25) is 0 Å². The van der Waals surface area contributed by atoms with Crippen LogP contribution in [0.2, 0.25) is 0 Å². The molecule has 0 saturated heterocycles. The van der Waals surface area contributed by atoms with E-state index in [0.717, 1.165) is 25.7 Å². The van der Waals surface area contributed by atoms with Gasteiger partial charge in [0.05, 0.1) is 0 Å². The minimum absolute atomic E-state index is 0.464. The molecule has 1 rings (SSSR count). The standard InChI is InChI=1S/C6H10O.C2HF3O2/c7-6-4-2-1-3-5-6;3-2(4,5)1(6)7/h1-5H2;(H,6,7). The molecule has 6 heteroatoms. The first-order valence-corrected chi connectivity index (χ1v) is 4.16. The Kier molecular flexibility index (Phi) is 5.19. The molecule has 0 aromatic carbocycles. The summed E-state index contributed by atoms with van der Waals surface area (Å²) in [6, 6.07) is 0. The van der Waals surface area contributed by atoms with Gasteiger partial charge in [-0.15, -0.1) is 0 Å². The molecule has 0 bridgehead atoms. The van der Waals surface area contributed by atoms with Gasteiger partial charge in [-0.1, -0.05) is 6.42 Å². The van der Waals surface area contributed by atoms with Crippen LogP contribution in [0.15, 0.2) is 0 Å². The summed E-state index contributed by atoms with van der Waals surface area (Å²) in [6.45, 7) is 0. The number of alkyl halides is 3. The number of carbonyl (C=O) groups excluding carboxylic acids is 1. The molecule has 0 amide bonds. The molecule has 1 fully saturated rings. The molecule has 0 radical (unpaired) electrons. The Morgan fingerprint density at radius 1 is 1.14 bits per heavy atom. The highest BCUT2D eigenvalue weighted by molar-refractivity contribution is 5.78. The van der Waals surface area contributed by atoms with E-state index in [0.29, 0.717) is 5.78 Å². The number of rotatable bonds is 0. The van der Waals surface area contributed by atoms with Crippen molar-refractivity contribution in [3.05, 3.63) is 0 Å². The fraction of sp³-hybridized carbons (Fsp3) is 0.750. The van der Waals surface area contributed by atoms with Gasteiger partial charge in [0.25, 0.3) is 0 Å². The number of halogens is 3. The summed E-state index contributed by atoms with van der Waals surface area (Å²) in [7, 11) is 0. The van der Waals surface area contributed by atoms with Crippen molar-refractivity contribution in [3.8, 4) is 0 Å². The maximum Gasteiger partial charge on any atom is 0.490 e. The quantitative estimate of drug-likeness (QED) is 0.669. The van der Waals surface area contributed by atoms with Gasteiger partial charge in [-0.05, 0) is 12.8 Å². The van der Waals surface area contributed by atoms with Crippen molar-refractivity contribution in [1.29, 1.82) is 0 Å². The lowest BCUT2D eigenvalue weighted by Crippen LogP contribution is -2.21. The number of aliphatic carboxylic acids is 1. The number of ketones is 1. The molecule has 14 heavy (non-hydrogen) atoms. The van der Waals surface area contributed by atoms with Crippen LogP contribution in [0.1, 0.15) is 32.1 Å².